The molecule has 0 amide bonds. The molecule has 0 radical (unpaired) electrons. The lowest BCUT2D eigenvalue weighted by atomic mass is 9.93. The maximum atomic E-state index is 5.26. The maximum absolute atomic E-state index is 5.26. The first-order valence-electron chi connectivity index (χ1n) is 7.66. The molecule has 0 aliphatic carbocycles. The van der Waals surface area contributed by atoms with E-state index in [1.165, 1.54) is 50.1 Å². The summed E-state index contributed by atoms with van der Waals surface area (Å²) in [6.07, 6.45) is 3.94. The number of anilines is 1. The second-order valence-corrected chi connectivity index (χ2v) is 6.16. The van der Waals surface area contributed by atoms with Gasteiger partial charge in [0.05, 0.1) is 0 Å². The highest BCUT2D eigenvalue weighted by Crippen LogP contribution is 2.31. The predicted molar refractivity (Wildman–Crippen MR) is 81.0 cm³/mol. The Kier molecular flexibility index (Phi) is 3.15. The molecule has 0 saturated carbocycles. The Morgan fingerprint density at radius 2 is 2.19 bits per heavy atom. The molecule has 4 rings (SSSR count). The Morgan fingerprint density at radius 3 is 3.00 bits per heavy atom. The fourth-order valence-electron chi connectivity index (χ4n) is 3.60. The summed E-state index contributed by atoms with van der Waals surface area (Å²) in [6.45, 7) is 5.90. The SMILES string of the molecule is Cc1cc(-c2nnco2)ccc1NC1CCN2CCC1C2. The van der Waals surface area contributed by atoms with E-state index in [-0.39, 0.29) is 0 Å². The second kappa shape index (κ2) is 5.15. The summed E-state index contributed by atoms with van der Waals surface area (Å²) in [4.78, 5) is 2.58. The first kappa shape index (κ1) is 12.8. The number of hydrogen-bond donors (Lipinski definition) is 1. The minimum atomic E-state index is 0.578. The molecule has 110 valence electrons. The first-order chi connectivity index (χ1) is 10.3. The largest absolute Gasteiger partial charge is 0.423 e. The van der Waals surface area contributed by atoms with Crippen molar-refractivity contribution >= 4 is 5.69 Å². The molecule has 5 heteroatoms. The minimum absolute atomic E-state index is 0.578. The fraction of sp³-hybridized carbons (Fsp3) is 0.500. The smallest absolute Gasteiger partial charge is 0.247 e. The van der Waals surface area contributed by atoms with Crippen LogP contribution in [0.25, 0.3) is 11.5 Å². The Balaban J connectivity index is 1.53. The average molecular weight is 284 g/mol. The molecule has 1 N–H and O–H groups in total. The van der Waals surface area contributed by atoms with Crippen LogP contribution >= 0.6 is 0 Å². The van der Waals surface area contributed by atoms with Crippen molar-refractivity contribution in [3.63, 3.8) is 0 Å². The van der Waals surface area contributed by atoms with Gasteiger partial charge in [0.15, 0.2) is 0 Å². The molecule has 0 spiro atoms. The fourth-order valence-corrected chi connectivity index (χ4v) is 3.60. The zero-order valence-electron chi connectivity index (χ0n) is 12.2. The zero-order valence-corrected chi connectivity index (χ0v) is 12.2. The van der Waals surface area contributed by atoms with Crippen LogP contribution in [-0.4, -0.2) is 40.8 Å². The molecular formula is C16H20N4O. The van der Waals surface area contributed by atoms with Crippen LogP contribution in [0, 0.1) is 12.8 Å². The van der Waals surface area contributed by atoms with E-state index in [0.717, 1.165) is 11.5 Å². The molecule has 21 heavy (non-hydrogen) atoms. The van der Waals surface area contributed by atoms with E-state index < -0.39 is 0 Å². The zero-order chi connectivity index (χ0) is 14.2. The molecule has 3 atom stereocenters. The van der Waals surface area contributed by atoms with Crippen molar-refractivity contribution < 1.29 is 4.42 Å². The van der Waals surface area contributed by atoms with Crippen LogP contribution in [0.15, 0.2) is 29.0 Å². The number of aromatic nitrogens is 2. The van der Waals surface area contributed by atoms with Gasteiger partial charge >= 0.3 is 0 Å². The van der Waals surface area contributed by atoms with Crippen molar-refractivity contribution in [3.8, 4) is 11.5 Å². The normalized spacial score (nSPS) is 27.8. The third-order valence-electron chi connectivity index (χ3n) is 4.81. The lowest BCUT2D eigenvalue weighted by Gasteiger charge is -2.32. The van der Waals surface area contributed by atoms with Crippen molar-refractivity contribution in [2.24, 2.45) is 5.92 Å². The summed E-state index contributed by atoms with van der Waals surface area (Å²) in [5.41, 5.74) is 3.43. The number of hydrogen-bond acceptors (Lipinski definition) is 5. The lowest BCUT2D eigenvalue weighted by molar-refractivity contribution is 0.255. The van der Waals surface area contributed by atoms with Gasteiger partial charge < -0.3 is 14.6 Å². The van der Waals surface area contributed by atoms with E-state index in [1.54, 1.807) is 0 Å². The van der Waals surface area contributed by atoms with Gasteiger partial charge in [0.2, 0.25) is 12.3 Å². The van der Waals surface area contributed by atoms with Gasteiger partial charge in [-0.05, 0) is 56.0 Å². The standard InChI is InChI=1S/C16H20N4O/c1-11-8-12(16-19-17-10-21-16)2-3-14(11)18-15-5-7-20-6-4-13(15)9-20/h2-3,8,10,13,15,18H,4-7,9H2,1H3. The molecular weight excluding hydrogens is 264 g/mol. The van der Waals surface area contributed by atoms with Gasteiger partial charge in [0.25, 0.3) is 0 Å². The van der Waals surface area contributed by atoms with Crippen LogP contribution in [0.2, 0.25) is 0 Å². The minimum Gasteiger partial charge on any atom is -0.423 e. The van der Waals surface area contributed by atoms with Gasteiger partial charge in [0.1, 0.15) is 0 Å². The highest BCUT2D eigenvalue weighted by molar-refractivity contribution is 5.62. The topological polar surface area (TPSA) is 54.2 Å². The summed E-state index contributed by atoms with van der Waals surface area (Å²) in [5, 5.41) is 11.5. The summed E-state index contributed by atoms with van der Waals surface area (Å²) in [6, 6.07) is 6.90. The van der Waals surface area contributed by atoms with Crippen molar-refractivity contribution in [1.29, 1.82) is 0 Å². The molecule has 1 aromatic carbocycles. The number of fused-ring (bicyclic) bond motifs is 2. The monoisotopic (exact) mass is 284 g/mol. The number of rotatable bonds is 3. The van der Waals surface area contributed by atoms with Crippen LogP contribution in [0.4, 0.5) is 5.69 Å². The third kappa shape index (κ3) is 2.42. The number of benzene rings is 1. The van der Waals surface area contributed by atoms with Crippen LogP contribution in [0.1, 0.15) is 18.4 Å². The van der Waals surface area contributed by atoms with E-state index in [9.17, 15) is 0 Å². The molecule has 2 bridgehead atoms. The predicted octanol–water partition coefficient (Wildman–Crippen LogP) is 2.55. The van der Waals surface area contributed by atoms with Crippen molar-refractivity contribution in [3.05, 3.63) is 30.2 Å². The van der Waals surface area contributed by atoms with E-state index in [4.69, 9.17) is 4.42 Å². The molecule has 2 aliphatic heterocycles. The van der Waals surface area contributed by atoms with Crippen LogP contribution in [0.5, 0.6) is 0 Å². The van der Waals surface area contributed by atoms with Crippen LogP contribution < -0.4 is 5.32 Å². The van der Waals surface area contributed by atoms with Gasteiger partial charge in [-0.25, -0.2) is 0 Å². The molecule has 2 fully saturated rings. The molecule has 2 aromatic rings. The number of nitrogens with zero attached hydrogens (tertiary/aromatic N) is 3. The van der Waals surface area contributed by atoms with Crippen molar-refractivity contribution in [2.45, 2.75) is 25.8 Å². The number of nitrogens with one attached hydrogen (secondary N) is 1. The average Bonchev–Trinajstić information content (AvgIpc) is 3.14. The summed E-state index contributed by atoms with van der Waals surface area (Å²) < 4.78 is 5.26. The van der Waals surface area contributed by atoms with Gasteiger partial charge in [-0.3, -0.25) is 0 Å². The Morgan fingerprint density at radius 1 is 1.29 bits per heavy atom. The van der Waals surface area contributed by atoms with E-state index >= 15 is 0 Å². The molecule has 3 heterocycles. The Bertz CT molecular complexity index is 625. The van der Waals surface area contributed by atoms with Crippen molar-refractivity contribution in [1.82, 2.24) is 15.1 Å². The molecule has 2 aliphatic rings. The van der Waals surface area contributed by atoms with E-state index in [0.29, 0.717) is 11.9 Å². The first-order valence-corrected chi connectivity index (χ1v) is 7.66. The van der Waals surface area contributed by atoms with Crippen LogP contribution in [0.3, 0.4) is 0 Å². The Labute approximate surface area is 124 Å². The van der Waals surface area contributed by atoms with Gasteiger partial charge in [-0.15, -0.1) is 10.2 Å². The quantitative estimate of drug-likeness (QED) is 0.938. The maximum Gasteiger partial charge on any atom is 0.247 e. The van der Waals surface area contributed by atoms with Gasteiger partial charge in [-0.2, -0.15) is 0 Å². The highest BCUT2D eigenvalue weighted by atomic mass is 16.4. The third-order valence-corrected chi connectivity index (χ3v) is 4.81. The lowest BCUT2D eigenvalue weighted by Crippen LogP contribution is -2.39. The van der Waals surface area contributed by atoms with E-state index in [1.807, 2.05) is 6.07 Å². The highest BCUT2D eigenvalue weighted by Gasteiger charge is 2.34. The van der Waals surface area contributed by atoms with E-state index in [2.05, 4.69) is 39.5 Å². The summed E-state index contributed by atoms with van der Waals surface area (Å²) in [5.74, 6) is 1.38. The molecule has 3 unspecified atom stereocenters. The van der Waals surface area contributed by atoms with Crippen molar-refractivity contribution in [2.75, 3.05) is 25.0 Å². The molecule has 5 nitrogen and oxygen atoms in total. The number of aryl methyl sites for hydroxylation is 1. The van der Waals surface area contributed by atoms with Gasteiger partial charge in [0, 0.05) is 30.4 Å². The van der Waals surface area contributed by atoms with Gasteiger partial charge in [-0.1, -0.05) is 0 Å². The number of piperidine rings is 1. The summed E-state index contributed by atoms with van der Waals surface area (Å²) in [7, 11) is 0. The second-order valence-electron chi connectivity index (χ2n) is 6.16. The molecule has 2 saturated heterocycles. The summed E-state index contributed by atoms with van der Waals surface area (Å²) >= 11 is 0. The molecule has 1 aromatic heterocycles. The Hall–Kier alpha value is -1.88. The van der Waals surface area contributed by atoms with Crippen LogP contribution in [-0.2, 0) is 0 Å².